The van der Waals surface area contributed by atoms with Gasteiger partial charge in [-0.3, -0.25) is 4.79 Å². The van der Waals surface area contributed by atoms with Crippen LogP contribution in [0.15, 0.2) is 35.2 Å². The van der Waals surface area contributed by atoms with Crippen LogP contribution in [0.25, 0.3) is 6.08 Å². The van der Waals surface area contributed by atoms with Gasteiger partial charge in [-0.2, -0.15) is 0 Å². The molecule has 7 nitrogen and oxygen atoms in total. The van der Waals surface area contributed by atoms with E-state index < -0.39 is 21.9 Å². The predicted octanol–water partition coefficient (Wildman–Crippen LogP) is -0.191. The molecular formula is C12H14N2O5S. The molecule has 0 unspecified atom stereocenters. The Morgan fingerprint density at radius 1 is 1.35 bits per heavy atom. The second kappa shape index (κ2) is 6.83. The highest BCUT2D eigenvalue weighted by molar-refractivity contribution is 7.89. The first-order valence-electron chi connectivity index (χ1n) is 5.56. The van der Waals surface area contributed by atoms with Crippen molar-refractivity contribution in [2.75, 3.05) is 13.6 Å². The van der Waals surface area contributed by atoms with Crippen LogP contribution in [0.1, 0.15) is 5.56 Å². The molecule has 1 aromatic rings. The number of benzene rings is 1. The Hall–Kier alpha value is -2.19. The Labute approximate surface area is 116 Å². The van der Waals surface area contributed by atoms with E-state index in [2.05, 4.69) is 10.0 Å². The molecular weight excluding hydrogens is 284 g/mol. The second-order valence-corrected chi connectivity index (χ2v) is 5.51. The zero-order valence-corrected chi connectivity index (χ0v) is 11.5. The van der Waals surface area contributed by atoms with E-state index in [-0.39, 0.29) is 11.4 Å². The molecule has 1 rings (SSSR count). The lowest BCUT2D eigenvalue weighted by Gasteiger charge is -2.06. The van der Waals surface area contributed by atoms with Crippen molar-refractivity contribution in [2.24, 2.45) is 0 Å². The summed E-state index contributed by atoms with van der Waals surface area (Å²) in [6, 6.07) is 5.71. The fourth-order valence-electron chi connectivity index (χ4n) is 1.29. The quantitative estimate of drug-likeness (QED) is 0.630. The van der Waals surface area contributed by atoms with Gasteiger partial charge in [0, 0.05) is 13.1 Å². The third kappa shape index (κ3) is 4.82. The van der Waals surface area contributed by atoms with E-state index in [9.17, 15) is 18.0 Å². The fourth-order valence-corrected chi connectivity index (χ4v) is 2.32. The Kier molecular flexibility index (Phi) is 5.42. The molecule has 0 saturated carbocycles. The molecule has 20 heavy (non-hydrogen) atoms. The number of hydrogen-bond donors (Lipinski definition) is 3. The molecule has 108 valence electrons. The summed E-state index contributed by atoms with van der Waals surface area (Å²) in [4.78, 5) is 21.4. The number of carbonyl (C=O) groups excluding carboxylic acids is 1. The van der Waals surface area contributed by atoms with E-state index in [0.29, 0.717) is 5.56 Å². The molecule has 0 fully saturated rings. The molecule has 0 bridgehead atoms. The minimum atomic E-state index is -3.82. The summed E-state index contributed by atoms with van der Waals surface area (Å²) in [6.45, 7) is -0.367. The standard InChI is InChI=1S/C12H14N2O5S/c1-13-11(15)8-14-20(18,19)10-4-2-3-9(7-10)5-6-12(16)17/h2-7,14H,8H2,1H3,(H,13,15)(H,16,17). The van der Waals surface area contributed by atoms with Gasteiger partial charge in [-0.05, 0) is 23.8 Å². The van der Waals surface area contributed by atoms with Crippen LogP contribution in [0.3, 0.4) is 0 Å². The average Bonchev–Trinajstić information content (AvgIpc) is 2.43. The van der Waals surface area contributed by atoms with Crippen LogP contribution in [-0.4, -0.2) is 39.0 Å². The number of likely N-dealkylation sites (N-methyl/N-ethyl adjacent to an activating group) is 1. The molecule has 0 atom stereocenters. The number of nitrogens with one attached hydrogen (secondary N) is 2. The molecule has 0 aliphatic carbocycles. The van der Waals surface area contributed by atoms with Crippen LogP contribution in [-0.2, 0) is 19.6 Å². The van der Waals surface area contributed by atoms with Crippen molar-refractivity contribution in [3.63, 3.8) is 0 Å². The van der Waals surface area contributed by atoms with Crippen molar-refractivity contribution < 1.29 is 23.1 Å². The maximum Gasteiger partial charge on any atom is 0.328 e. The summed E-state index contributed by atoms with van der Waals surface area (Å²) < 4.78 is 26.0. The molecule has 3 N–H and O–H groups in total. The topological polar surface area (TPSA) is 113 Å². The fraction of sp³-hybridized carbons (Fsp3) is 0.167. The molecule has 0 saturated heterocycles. The normalized spacial score (nSPS) is 11.4. The van der Waals surface area contributed by atoms with E-state index >= 15 is 0 Å². The number of aliphatic carboxylic acids is 1. The summed E-state index contributed by atoms with van der Waals surface area (Å²) >= 11 is 0. The minimum absolute atomic E-state index is 0.0473. The number of sulfonamides is 1. The van der Waals surface area contributed by atoms with Gasteiger partial charge in [0.2, 0.25) is 15.9 Å². The van der Waals surface area contributed by atoms with Crippen molar-refractivity contribution in [2.45, 2.75) is 4.90 Å². The predicted molar refractivity (Wildman–Crippen MR) is 72.4 cm³/mol. The van der Waals surface area contributed by atoms with Crippen LogP contribution < -0.4 is 10.0 Å². The first kappa shape index (κ1) is 15.9. The summed E-state index contributed by atoms with van der Waals surface area (Å²) in [7, 11) is -2.42. The molecule has 0 aliphatic rings. The molecule has 8 heteroatoms. The molecule has 1 aromatic carbocycles. The van der Waals surface area contributed by atoms with E-state index in [0.717, 1.165) is 6.08 Å². The lowest BCUT2D eigenvalue weighted by Crippen LogP contribution is -2.35. The van der Waals surface area contributed by atoms with Crippen molar-refractivity contribution in [1.82, 2.24) is 10.0 Å². The summed E-state index contributed by atoms with van der Waals surface area (Å²) in [5, 5.41) is 10.8. The number of carboxylic acids is 1. The van der Waals surface area contributed by atoms with Gasteiger partial charge >= 0.3 is 5.97 Å². The monoisotopic (exact) mass is 298 g/mol. The van der Waals surface area contributed by atoms with Gasteiger partial charge in [0.05, 0.1) is 11.4 Å². The van der Waals surface area contributed by atoms with E-state index in [1.54, 1.807) is 6.07 Å². The number of amides is 1. The first-order valence-corrected chi connectivity index (χ1v) is 7.05. The Balaban J connectivity index is 2.93. The zero-order chi connectivity index (χ0) is 15.2. The van der Waals surface area contributed by atoms with E-state index in [4.69, 9.17) is 5.11 Å². The molecule has 0 heterocycles. The SMILES string of the molecule is CNC(=O)CNS(=O)(=O)c1cccc(C=CC(=O)O)c1. The smallest absolute Gasteiger partial charge is 0.328 e. The third-order valence-corrected chi connectivity index (χ3v) is 3.69. The highest BCUT2D eigenvalue weighted by Gasteiger charge is 2.15. The Bertz CT molecular complexity index is 637. The van der Waals surface area contributed by atoms with Gasteiger partial charge in [-0.15, -0.1) is 0 Å². The van der Waals surface area contributed by atoms with E-state index in [1.165, 1.54) is 31.3 Å². The summed E-state index contributed by atoms with van der Waals surface area (Å²) in [6.07, 6.45) is 2.18. The average molecular weight is 298 g/mol. The van der Waals surface area contributed by atoms with Gasteiger partial charge in [0.1, 0.15) is 0 Å². The van der Waals surface area contributed by atoms with Crippen LogP contribution in [0.4, 0.5) is 0 Å². The largest absolute Gasteiger partial charge is 0.478 e. The second-order valence-electron chi connectivity index (χ2n) is 3.74. The van der Waals surface area contributed by atoms with Gasteiger partial charge in [0.25, 0.3) is 0 Å². The lowest BCUT2D eigenvalue weighted by atomic mass is 10.2. The first-order chi connectivity index (χ1) is 9.35. The van der Waals surface area contributed by atoms with Gasteiger partial charge in [-0.1, -0.05) is 12.1 Å². The van der Waals surface area contributed by atoms with Crippen molar-refractivity contribution in [3.05, 3.63) is 35.9 Å². The lowest BCUT2D eigenvalue weighted by molar-refractivity contribution is -0.131. The molecule has 0 radical (unpaired) electrons. The van der Waals surface area contributed by atoms with Crippen LogP contribution in [0, 0.1) is 0 Å². The number of rotatable bonds is 6. The van der Waals surface area contributed by atoms with Gasteiger partial charge in [0.15, 0.2) is 0 Å². The van der Waals surface area contributed by atoms with Crippen molar-refractivity contribution in [3.8, 4) is 0 Å². The molecule has 0 aromatic heterocycles. The molecule has 1 amide bonds. The summed E-state index contributed by atoms with van der Waals surface area (Å²) in [5.41, 5.74) is 0.426. The third-order valence-electron chi connectivity index (χ3n) is 2.29. The molecule has 0 aliphatic heterocycles. The van der Waals surface area contributed by atoms with E-state index in [1.807, 2.05) is 0 Å². The molecule has 0 spiro atoms. The maximum absolute atomic E-state index is 11.9. The van der Waals surface area contributed by atoms with Gasteiger partial charge < -0.3 is 10.4 Å². The van der Waals surface area contributed by atoms with Gasteiger partial charge in [-0.25, -0.2) is 17.9 Å². The highest BCUT2D eigenvalue weighted by atomic mass is 32.2. The Morgan fingerprint density at radius 2 is 2.05 bits per heavy atom. The maximum atomic E-state index is 11.9. The van der Waals surface area contributed by atoms with Crippen molar-refractivity contribution >= 4 is 28.0 Å². The Morgan fingerprint density at radius 3 is 2.65 bits per heavy atom. The highest BCUT2D eigenvalue weighted by Crippen LogP contribution is 2.12. The van der Waals surface area contributed by atoms with Crippen LogP contribution in [0.2, 0.25) is 0 Å². The number of hydrogen-bond acceptors (Lipinski definition) is 4. The number of carboxylic acid groups (broad SMARTS) is 1. The minimum Gasteiger partial charge on any atom is -0.478 e. The zero-order valence-electron chi connectivity index (χ0n) is 10.7. The number of carbonyl (C=O) groups is 2. The van der Waals surface area contributed by atoms with Crippen molar-refractivity contribution in [1.29, 1.82) is 0 Å². The summed E-state index contributed by atoms with van der Waals surface area (Å²) in [5.74, 6) is -1.59. The van der Waals surface area contributed by atoms with Crippen LogP contribution >= 0.6 is 0 Å². The van der Waals surface area contributed by atoms with Crippen LogP contribution in [0.5, 0.6) is 0 Å².